The molecular weight excluding hydrogens is 192 g/mol. The summed E-state index contributed by atoms with van der Waals surface area (Å²) in [6.45, 7) is 6.17. The van der Waals surface area contributed by atoms with Gasteiger partial charge in [-0.15, -0.1) is 0 Å². The lowest BCUT2D eigenvalue weighted by Gasteiger charge is -2.05. The second-order valence-electron chi connectivity index (χ2n) is 3.65. The van der Waals surface area contributed by atoms with Crippen molar-refractivity contribution >= 4 is 5.97 Å². The first-order chi connectivity index (χ1) is 7.10. The number of ether oxygens (including phenoxy) is 1. The predicted molar refractivity (Wildman–Crippen MR) is 60.5 cm³/mol. The van der Waals surface area contributed by atoms with Gasteiger partial charge in [-0.3, -0.25) is 4.79 Å². The number of esters is 1. The molecule has 15 heavy (non-hydrogen) atoms. The van der Waals surface area contributed by atoms with Crippen LogP contribution >= 0.6 is 0 Å². The van der Waals surface area contributed by atoms with Crippen molar-refractivity contribution in [3.05, 3.63) is 11.6 Å². The average Bonchev–Trinajstić information content (AvgIpc) is 2.23. The van der Waals surface area contributed by atoms with Crippen molar-refractivity contribution in [2.24, 2.45) is 0 Å². The highest BCUT2D eigenvalue weighted by Gasteiger charge is 2.02. The molecule has 0 aromatic carbocycles. The molecule has 0 rings (SSSR count). The molecule has 0 aliphatic carbocycles. The van der Waals surface area contributed by atoms with Crippen LogP contribution in [0, 0.1) is 0 Å². The molecule has 0 fully saturated rings. The SMILES string of the molecule is CCOC(=O)CC/C(C)=C/CC(O)CC. The molecule has 0 aromatic rings. The highest BCUT2D eigenvalue weighted by molar-refractivity contribution is 5.69. The molecule has 0 radical (unpaired) electrons. The second kappa shape index (κ2) is 8.48. The van der Waals surface area contributed by atoms with Gasteiger partial charge in [-0.25, -0.2) is 0 Å². The van der Waals surface area contributed by atoms with Gasteiger partial charge in [0.05, 0.1) is 12.7 Å². The van der Waals surface area contributed by atoms with E-state index in [1.54, 1.807) is 6.92 Å². The molecule has 88 valence electrons. The van der Waals surface area contributed by atoms with Crippen molar-refractivity contribution < 1.29 is 14.6 Å². The molecule has 0 amide bonds. The Kier molecular flexibility index (Phi) is 8.01. The Labute approximate surface area is 92.1 Å². The smallest absolute Gasteiger partial charge is 0.306 e. The molecule has 1 atom stereocenters. The molecule has 3 heteroatoms. The van der Waals surface area contributed by atoms with Crippen molar-refractivity contribution in [2.45, 2.75) is 52.6 Å². The van der Waals surface area contributed by atoms with Gasteiger partial charge in [0.2, 0.25) is 0 Å². The third kappa shape index (κ3) is 8.18. The molecule has 0 saturated heterocycles. The summed E-state index contributed by atoms with van der Waals surface area (Å²) in [6.07, 6.45) is 4.32. The molecule has 0 bridgehead atoms. The van der Waals surface area contributed by atoms with E-state index in [1.165, 1.54) is 0 Å². The van der Waals surface area contributed by atoms with Gasteiger partial charge < -0.3 is 9.84 Å². The summed E-state index contributed by atoms with van der Waals surface area (Å²) in [4.78, 5) is 11.0. The van der Waals surface area contributed by atoms with Crippen LogP contribution in [0.5, 0.6) is 0 Å². The van der Waals surface area contributed by atoms with Crippen molar-refractivity contribution in [3.8, 4) is 0 Å². The second-order valence-corrected chi connectivity index (χ2v) is 3.65. The maximum atomic E-state index is 11.0. The summed E-state index contributed by atoms with van der Waals surface area (Å²) in [7, 11) is 0. The highest BCUT2D eigenvalue weighted by Crippen LogP contribution is 2.08. The fourth-order valence-corrected chi connectivity index (χ4v) is 1.14. The largest absolute Gasteiger partial charge is 0.466 e. The molecule has 0 aliphatic heterocycles. The molecule has 0 spiro atoms. The third-order valence-electron chi connectivity index (χ3n) is 2.24. The zero-order valence-electron chi connectivity index (χ0n) is 9.95. The Morgan fingerprint density at radius 2 is 2.07 bits per heavy atom. The standard InChI is InChI=1S/C12H22O3/c1-4-11(13)8-6-10(3)7-9-12(14)15-5-2/h6,11,13H,4-5,7-9H2,1-3H3/b10-6+. The molecule has 3 nitrogen and oxygen atoms in total. The molecule has 1 N–H and O–H groups in total. The van der Waals surface area contributed by atoms with Crippen LogP contribution < -0.4 is 0 Å². The first kappa shape index (κ1) is 14.2. The number of allylic oxidation sites excluding steroid dienone is 1. The molecule has 0 aliphatic rings. The summed E-state index contributed by atoms with van der Waals surface area (Å²) in [5.74, 6) is -0.152. The van der Waals surface area contributed by atoms with Crippen molar-refractivity contribution in [1.82, 2.24) is 0 Å². The van der Waals surface area contributed by atoms with E-state index in [2.05, 4.69) is 0 Å². The molecule has 1 unspecified atom stereocenters. The van der Waals surface area contributed by atoms with E-state index in [0.29, 0.717) is 19.4 Å². The number of hydrogen-bond donors (Lipinski definition) is 1. The topological polar surface area (TPSA) is 46.5 Å². The predicted octanol–water partition coefficient (Wildman–Crippen LogP) is 2.44. The van der Waals surface area contributed by atoms with Crippen LogP contribution in [0.1, 0.15) is 46.5 Å². The van der Waals surface area contributed by atoms with Crippen LogP contribution in [-0.2, 0) is 9.53 Å². The van der Waals surface area contributed by atoms with Gasteiger partial charge >= 0.3 is 5.97 Å². The van der Waals surface area contributed by atoms with Crippen molar-refractivity contribution in [2.75, 3.05) is 6.61 Å². The number of carbonyl (C=O) groups excluding carboxylic acids is 1. The first-order valence-electron chi connectivity index (χ1n) is 5.59. The normalized spacial score (nSPS) is 13.7. The van der Waals surface area contributed by atoms with E-state index in [9.17, 15) is 9.90 Å². The Bertz CT molecular complexity index is 209. The summed E-state index contributed by atoms with van der Waals surface area (Å²) in [6, 6.07) is 0. The van der Waals surface area contributed by atoms with E-state index in [4.69, 9.17) is 4.74 Å². The summed E-state index contributed by atoms with van der Waals surface area (Å²) < 4.78 is 4.82. The Morgan fingerprint density at radius 1 is 1.40 bits per heavy atom. The summed E-state index contributed by atoms with van der Waals surface area (Å²) in [5.41, 5.74) is 1.13. The van der Waals surface area contributed by atoms with E-state index in [1.807, 2.05) is 19.9 Å². The fraction of sp³-hybridized carbons (Fsp3) is 0.750. The highest BCUT2D eigenvalue weighted by atomic mass is 16.5. The van der Waals surface area contributed by atoms with E-state index < -0.39 is 0 Å². The van der Waals surface area contributed by atoms with Gasteiger partial charge in [-0.1, -0.05) is 18.6 Å². The van der Waals surface area contributed by atoms with Crippen LogP contribution in [0.3, 0.4) is 0 Å². The minimum Gasteiger partial charge on any atom is -0.466 e. The van der Waals surface area contributed by atoms with E-state index in [-0.39, 0.29) is 12.1 Å². The average molecular weight is 214 g/mol. The van der Waals surface area contributed by atoms with Crippen LogP contribution in [-0.4, -0.2) is 23.8 Å². The lowest BCUT2D eigenvalue weighted by molar-refractivity contribution is -0.143. The molecule has 0 aromatic heterocycles. The monoisotopic (exact) mass is 214 g/mol. The van der Waals surface area contributed by atoms with E-state index in [0.717, 1.165) is 18.4 Å². The van der Waals surface area contributed by atoms with Crippen molar-refractivity contribution in [3.63, 3.8) is 0 Å². The van der Waals surface area contributed by atoms with Crippen molar-refractivity contribution in [1.29, 1.82) is 0 Å². The molecular formula is C12H22O3. The van der Waals surface area contributed by atoms with Gasteiger partial charge in [0, 0.05) is 6.42 Å². The minimum atomic E-state index is -0.262. The Hall–Kier alpha value is -0.830. The quantitative estimate of drug-likeness (QED) is 0.523. The number of hydrogen-bond acceptors (Lipinski definition) is 3. The van der Waals surface area contributed by atoms with Gasteiger partial charge in [0.25, 0.3) is 0 Å². The maximum Gasteiger partial charge on any atom is 0.306 e. The maximum absolute atomic E-state index is 11.0. The van der Waals surface area contributed by atoms with Gasteiger partial charge in [0.1, 0.15) is 0 Å². The van der Waals surface area contributed by atoms with Crippen LogP contribution in [0.15, 0.2) is 11.6 Å². The zero-order valence-corrected chi connectivity index (χ0v) is 9.95. The number of rotatable bonds is 7. The number of aliphatic hydroxyl groups excluding tert-OH is 1. The summed E-state index contributed by atoms with van der Waals surface area (Å²) in [5, 5.41) is 9.33. The lowest BCUT2D eigenvalue weighted by Crippen LogP contribution is -2.04. The Balaban J connectivity index is 3.72. The Morgan fingerprint density at radius 3 is 2.60 bits per heavy atom. The van der Waals surface area contributed by atoms with Crippen LogP contribution in [0.4, 0.5) is 0 Å². The number of carbonyl (C=O) groups is 1. The molecule has 0 heterocycles. The number of aliphatic hydroxyl groups is 1. The molecule has 0 saturated carbocycles. The fourth-order valence-electron chi connectivity index (χ4n) is 1.14. The van der Waals surface area contributed by atoms with Gasteiger partial charge in [-0.05, 0) is 33.1 Å². The summed E-state index contributed by atoms with van der Waals surface area (Å²) >= 11 is 0. The minimum absolute atomic E-state index is 0.152. The lowest BCUT2D eigenvalue weighted by atomic mass is 10.1. The van der Waals surface area contributed by atoms with E-state index >= 15 is 0 Å². The zero-order chi connectivity index (χ0) is 11.7. The van der Waals surface area contributed by atoms with Crippen LogP contribution in [0.25, 0.3) is 0 Å². The third-order valence-corrected chi connectivity index (χ3v) is 2.24. The van der Waals surface area contributed by atoms with Crippen LogP contribution in [0.2, 0.25) is 0 Å². The first-order valence-corrected chi connectivity index (χ1v) is 5.59. The van der Waals surface area contributed by atoms with Gasteiger partial charge in [0.15, 0.2) is 0 Å². The van der Waals surface area contributed by atoms with Gasteiger partial charge in [-0.2, -0.15) is 0 Å².